The van der Waals surface area contributed by atoms with Gasteiger partial charge in [0.05, 0.1) is 7.11 Å². The van der Waals surface area contributed by atoms with Crippen LogP contribution < -0.4 is 4.74 Å². The Kier molecular flexibility index (Phi) is 2.37. The van der Waals surface area contributed by atoms with Crippen LogP contribution in [-0.2, 0) is 6.42 Å². The van der Waals surface area contributed by atoms with Crippen LogP contribution in [-0.4, -0.2) is 12.1 Å². The van der Waals surface area contributed by atoms with E-state index in [2.05, 4.69) is 35.3 Å². The third kappa shape index (κ3) is 1.59. The molecule has 0 radical (unpaired) electrons. The second kappa shape index (κ2) is 4.09. The van der Waals surface area contributed by atoms with Gasteiger partial charge in [-0.05, 0) is 65.5 Å². The highest BCUT2D eigenvalue weighted by Gasteiger charge is 2.53. The zero-order valence-corrected chi connectivity index (χ0v) is 11.0. The maximum atomic E-state index is 5.51. The molecule has 19 heavy (non-hydrogen) atoms. The summed E-state index contributed by atoms with van der Waals surface area (Å²) < 4.78 is 5.51. The lowest BCUT2D eigenvalue weighted by Gasteiger charge is -2.17. The van der Waals surface area contributed by atoms with Crippen LogP contribution in [0.2, 0.25) is 0 Å². The van der Waals surface area contributed by atoms with Gasteiger partial charge >= 0.3 is 0 Å². The summed E-state index contributed by atoms with van der Waals surface area (Å²) in [6.45, 7) is 0. The molecule has 1 heterocycles. The molecule has 0 spiro atoms. The lowest BCUT2D eigenvalue weighted by atomic mass is 9.91. The molecule has 96 valence electrons. The SMILES string of the molecule is COc1cccc2c1CCC1C(c3ccncc3)C21. The Morgan fingerprint density at radius 1 is 1.11 bits per heavy atom. The summed E-state index contributed by atoms with van der Waals surface area (Å²) in [6, 6.07) is 10.8. The van der Waals surface area contributed by atoms with E-state index in [9.17, 15) is 0 Å². The van der Waals surface area contributed by atoms with E-state index < -0.39 is 0 Å². The monoisotopic (exact) mass is 251 g/mol. The second-order valence-electron chi connectivity index (χ2n) is 5.56. The summed E-state index contributed by atoms with van der Waals surface area (Å²) in [6.07, 6.45) is 6.26. The Morgan fingerprint density at radius 3 is 2.74 bits per heavy atom. The molecular formula is C17H17NO. The van der Waals surface area contributed by atoms with Crippen LogP contribution in [0.1, 0.15) is 34.9 Å². The van der Waals surface area contributed by atoms with Gasteiger partial charge in [0.2, 0.25) is 0 Å². The number of aromatic nitrogens is 1. The molecule has 0 saturated heterocycles. The average molecular weight is 251 g/mol. The molecule has 1 fully saturated rings. The fraction of sp³-hybridized carbons (Fsp3) is 0.353. The van der Waals surface area contributed by atoms with E-state index in [4.69, 9.17) is 4.74 Å². The summed E-state index contributed by atoms with van der Waals surface area (Å²) in [5.74, 6) is 3.27. The third-order valence-electron chi connectivity index (χ3n) is 4.74. The van der Waals surface area contributed by atoms with Crippen molar-refractivity contribution in [2.75, 3.05) is 7.11 Å². The molecule has 3 atom stereocenters. The predicted octanol–water partition coefficient (Wildman–Crippen LogP) is 3.53. The lowest BCUT2D eigenvalue weighted by Crippen LogP contribution is -2.03. The number of hydrogen-bond acceptors (Lipinski definition) is 2. The van der Waals surface area contributed by atoms with Gasteiger partial charge in [-0.15, -0.1) is 0 Å². The zero-order valence-electron chi connectivity index (χ0n) is 11.0. The maximum Gasteiger partial charge on any atom is 0.122 e. The molecule has 0 bridgehead atoms. The van der Waals surface area contributed by atoms with E-state index in [1.165, 1.54) is 23.1 Å². The third-order valence-corrected chi connectivity index (χ3v) is 4.74. The molecule has 2 nitrogen and oxygen atoms in total. The number of pyridine rings is 1. The van der Waals surface area contributed by atoms with Gasteiger partial charge < -0.3 is 4.74 Å². The molecule has 4 rings (SSSR count). The average Bonchev–Trinajstić information content (AvgIpc) is 3.22. The van der Waals surface area contributed by atoms with Crippen molar-refractivity contribution in [1.82, 2.24) is 4.98 Å². The molecule has 0 amide bonds. The van der Waals surface area contributed by atoms with Crippen LogP contribution in [0, 0.1) is 5.92 Å². The van der Waals surface area contributed by atoms with Crippen molar-refractivity contribution >= 4 is 0 Å². The van der Waals surface area contributed by atoms with Crippen molar-refractivity contribution in [1.29, 1.82) is 0 Å². The van der Waals surface area contributed by atoms with E-state index in [-0.39, 0.29) is 0 Å². The molecule has 1 aromatic heterocycles. The highest BCUT2D eigenvalue weighted by Crippen LogP contribution is 2.65. The number of fused-ring (bicyclic) bond motifs is 3. The Balaban J connectivity index is 1.73. The Morgan fingerprint density at radius 2 is 1.95 bits per heavy atom. The summed E-state index contributed by atoms with van der Waals surface area (Å²) in [4.78, 5) is 4.12. The molecule has 1 aromatic carbocycles. The van der Waals surface area contributed by atoms with Crippen molar-refractivity contribution in [2.45, 2.75) is 24.7 Å². The van der Waals surface area contributed by atoms with E-state index in [0.717, 1.165) is 18.1 Å². The molecule has 0 N–H and O–H groups in total. The van der Waals surface area contributed by atoms with Crippen LogP contribution in [0.3, 0.4) is 0 Å². The van der Waals surface area contributed by atoms with Gasteiger partial charge in [0.15, 0.2) is 0 Å². The molecule has 3 unspecified atom stereocenters. The fourth-order valence-corrected chi connectivity index (χ4v) is 3.86. The van der Waals surface area contributed by atoms with Crippen molar-refractivity contribution in [3.8, 4) is 5.75 Å². The Hall–Kier alpha value is -1.83. The summed E-state index contributed by atoms with van der Waals surface area (Å²) in [5, 5.41) is 0. The van der Waals surface area contributed by atoms with E-state index >= 15 is 0 Å². The maximum absolute atomic E-state index is 5.51. The van der Waals surface area contributed by atoms with Crippen molar-refractivity contribution in [3.63, 3.8) is 0 Å². The normalized spacial score (nSPS) is 27.3. The minimum atomic E-state index is 0.691. The molecule has 2 heteroatoms. The van der Waals surface area contributed by atoms with Crippen LogP contribution in [0.5, 0.6) is 5.75 Å². The molecule has 2 aliphatic rings. The van der Waals surface area contributed by atoms with Crippen LogP contribution in [0.15, 0.2) is 42.7 Å². The molecule has 2 aromatic rings. The largest absolute Gasteiger partial charge is 0.496 e. The van der Waals surface area contributed by atoms with Crippen molar-refractivity contribution in [2.24, 2.45) is 5.92 Å². The van der Waals surface area contributed by atoms with Gasteiger partial charge in [0.25, 0.3) is 0 Å². The standard InChI is InChI=1S/C17H17NO/c1-19-15-4-2-3-13-12(15)5-6-14-16(17(13)14)11-7-9-18-10-8-11/h2-4,7-10,14,16-17H,5-6H2,1H3. The number of ether oxygens (including phenoxy) is 1. The highest BCUT2D eigenvalue weighted by atomic mass is 16.5. The first-order chi connectivity index (χ1) is 9.40. The Bertz CT molecular complexity index is 608. The smallest absolute Gasteiger partial charge is 0.122 e. The minimum absolute atomic E-state index is 0.691. The number of benzene rings is 1. The highest BCUT2D eigenvalue weighted by molar-refractivity contribution is 5.50. The van der Waals surface area contributed by atoms with E-state index in [0.29, 0.717) is 11.8 Å². The van der Waals surface area contributed by atoms with Gasteiger partial charge in [-0.3, -0.25) is 4.98 Å². The number of rotatable bonds is 2. The Labute approximate surface area is 113 Å². The first kappa shape index (κ1) is 11.0. The fourth-order valence-electron chi connectivity index (χ4n) is 3.86. The second-order valence-corrected chi connectivity index (χ2v) is 5.56. The van der Waals surface area contributed by atoms with Gasteiger partial charge in [-0.2, -0.15) is 0 Å². The van der Waals surface area contributed by atoms with E-state index in [1.807, 2.05) is 12.4 Å². The summed E-state index contributed by atoms with van der Waals surface area (Å²) in [5.41, 5.74) is 4.39. The van der Waals surface area contributed by atoms with Gasteiger partial charge in [0, 0.05) is 12.4 Å². The van der Waals surface area contributed by atoms with Crippen LogP contribution >= 0.6 is 0 Å². The quantitative estimate of drug-likeness (QED) is 0.814. The van der Waals surface area contributed by atoms with Crippen molar-refractivity contribution < 1.29 is 4.74 Å². The van der Waals surface area contributed by atoms with Crippen LogP contribution in [0.4, 0.5) is 0 Å². The van der Waals surface area contributed by atoms with Gasteiger partial charge in [-0.1, -0.05) is 12.1 Å². The molecule has 1 saturated carbocycles. The molecular weight excluding hydrogens is 234 g/mol. The molecule has 2 aliphatic carbocycles. The predicted molar refractivity (Wildman–Crippen MR) is 74.5 cm³/mol. The number of hydrogen-bond donors (Lipinski definition) is 0. The molecule has 0 aliphatic heterocycles. The first-order valence-electron chi connectivity index (χ1n) is 6.96. The number of nitrogens with zero attached hydrogens (tertiary/aromatic N) is 1. The summed E-state index contributed by atoms with van der Waals surface area (Å²) in [7, 11) is 1.77. The lowest BCUT2D eigenvalue weighted by molar-refractivity contribution is 0.406. The van der Waals surface area contributed by atoms with Gasteiger partial charge in [-0.25, -0.2) is 0 Å². The van der Waals surface area contributed by atoms with Crippen LogP contribution in [0.25, 0.3) is 0 Å². The first-order valence-corrected chi connectivity index (χ1v) is 6.96. The topological polar surface area (TPSA) is 22.1 Å². The summed E-state index contributed by atoms with van der Waals surface area (Å²) >= 11 is 0. The van der Waals surface area contributed by atoms with Gasteiger partial charge in [0.1, 0.15) is 5.75 Å². The number of methoxy groups -OCH3 is 1. The van der Waals surface area contributed by atoms with Crippen molar-refractivity contribution in [3.05, 3.63) is 59.4 Å². The minimum Gasteiger partial charge on any atom is -0.496 e. The zero-order chi connectivity index (χ0) is 12.8. The van der Waals surface area contributed by atoms with E-state index in [1.54, 1.807) is 7.11 Å².